The molecule has 0 aliphatic carbocycles. The SMILES string of the molecule is COc1ccccc1[N+]#N.O=S(=O)([O-])C(F)(F)F. The molecular formula is C8H7F3N2O4S. The number of alkyl halides is 3. The van der Waals surface area contributed by atoms with Gasteiger partial charge in [-0.3, -0.25) is 0 Å². The maximum absolute atomic E-state index is 10.7. The molecule has 0 bridgehead atoms. The third-order valence-electron chi connectivity index (χ3n) is 1.48. The van der Waals surface area contributed by atoms with Crippen LogP contribution in [0.25, 0.3) is 4.98 Å². The summed E-state index contributed by atoms with van der Waals surface area (Å²) in [6.07, 6.45) is 0. The summed E-state index contributed by atoms with van der Waals surface area (Å²) in [5, 5.41) is 8.39. The standard InChI is InChI=1S/C7H7N2O.CHF3O3S/c1-10-7-5-3-2-4-6(7)9-8;2-1(3,4)8(5,6)7/h2-5H,1H3;(H,5,6,7)/q+1;/p-1. The van der Waals surface area contributed by atoms with E-state index in [1.54, 1.807) is 18.2 Å². The van der Waals surface area contributed by atoms with E-state index in [0.29, 0.717) is 11.4 Å². The fourth-order valence-electron chi connectivity index (χ4n) is 0.712. The van der Waals surface area contributed by atoms with Crippen molar-refractivity contribution in [3.05, 3.63) is 29.2 Å². The second kappa shape index (κ2) is 6.18. The van der Waals surface area contributed by atoms with Gasteiger partial charge in [0.2, 0.25) is 11.1 Å². The monoisotopic (exact) mass is 284 g/mol. The number of benzene rings is 1. The molecule has 0 atom stereocenters. The highest BCUT2D eigenvalue weighted by Gasteiger charge is 2.36. The first-order valence-electron chi connectivity index (χ1n) is 4.13. The van der Waals surface area contributed by atoms with E-state index in [9.17, 15) is 13.2 Å². The molecule has 0 unspecified atom stereocenters. The van der Waals surface area contributed by atoms with Crippen LogP contribution in [-0.4, -0.2) is 25.6 Å². The molecule has 0 spiro atoms. The molecule has 1 aromatic carbocycles. The van der Waals surface area contributed by atoms with Crippen LogP contribution in [0, 0.1) is 5.39 Å². The van der Waals surface area contributed by atoms with Gasteiger partial charge < -0.3 is 9.29 Å². The van der Waals surface area contributed by atoms with E-state index < -0.39 is 15.6 Å². The van der Waals surface area contributed by atoms with Crippen molar-refractivity contribution < 1.29 is 30.9 Å². The minimum atomic E-state index is -6.09. The van der Waals surface area contributed by atoms with E-state index in [1.807, 2.05) is 6.07 Å². The summed E-state index contributed by atoms with van der Waals surface area (Å²) in [5.74, 6) is 0.574. The quantitative estimate of drug-likeness (QED) is 0.447. The Labute approximate surface area is 100 Å². The largest absolute Gasteiger partial charge is 0.741 e. The van der Waals surface area contributed by atoms with Crippen LogP contribution in [-0.2, 0) is 10.1 Å². The molecule has 0 heterocycles. The van der Waals surface area contributed by atoms with Gasteiger partial charge in [-0.25, -0.2) is 8.42 Å². The summed E-state index contributed by atoms with van der Waals surface area (Å²) in [7, 11) is -4.56. The summed E-state index contributed by atoms with van der Waals surface area (Å²) < 4.78 is 63.8. The predicted molar refractivity (Wildman–Crippen MR) is 53.5 cm³/mol. The maximum Gasteiger partial charge on any atom is 0.485 e. The molecular weight excluding hydrogens is 277 g/mol. The van der Waals surface area contributed by atoms with Crippen molar-refractivity contribution in [2.24, 2.45) is 0 Å². The molecule has 0 N–H and O–H groups in total. The molecule has 0 aromatic heterocycles. The van der Waals surface area contributed by atoms with Gasteiger partial charge in [-0.05, 0) is 6.07 Å². The Morgan fingerprint density at radius 1 is 1.33 bits per heavy atom. The van der Waals surface area contributed by atoms with Crippen molar-refractivity contribution in [3.63, 3.8) is 0 Å². The zero-order valence-electron chi connectivity index (χ0n) is 8.88. The van der Waals surface area contributed by atoms with E-state index in [4.69, 9.17) is 23.1 Å². The highest BCUT2D eigenvalue weighted by molar-refractivity contribution is 7.86. The Bertz CT molecular complexity index is 536. The lowest BCUT2D eigenvalue weighted by molar-refractivity contribution is -0.0517. The normalized spacial score (nSPS) is 10.9. The van der Waals surface area contributed by atoms with Crippen molar-refractivity contribution in [2.45, 2.75) is 5.51 Å². The number of methoxy groups -OCH3 is 1. The van der Waals surface area contributed by atoms with Gasteiger partial charge in [0.05, 0.1) is 7.11 Å². The first-order valence-corrected chi connectivity index (χ1v) is 5.54. The molecule has 100 valence electrons. The summed E-state index contributed by atoms with van der Waals surface area (Å²) in [4.78, 5) is 3.02. The fraction of sp³-hybridized carbons (Fsp3) is 0.250. The first kappa shape index (κ1) is 16.1. The Kier molecular flexibility index (Phi) is 5.54. The highest BCUT2D eigenvalue weighted by Crippen LogP contribution is 2.25. The van der Waals surface area contributed by atoms with Crippen LogP contribution in [0.15, 0.2) is 24.3 Å². The predicted octanol–water partition coefficient (Wildman–Crippen LogP) is 2.23. The molecule has 0 saturated carbocycles. The topological polar surface area (TPSA) is 94.6 Å². The molecule has 0 aliphatic heterocycles. The zero-order chi connectivity index (χ0) is 14.4. The third kappa shape index (κ3) is 4.98. The average Bonchev–Trinajstić information content (AvgIpc) is 2.27. The van der Waals surface area contributed by atoms with Crippen molar-refractivity contribution in [1.82, 2.24) is 0 Å². The Balaban J connectivity index is 0.000000331. The van der Waals surface area contributed by atoms with Crippen LogP contribution in [0.2, 0.25) is 0 Å². The van der Waals surface area contributed by atoms with Crippen molar-refractivity contribution in [3.8, 4) is 5.75 Å². The van der Waals surface area contributed by atoms with E-state index in [0.717, 1.165) is 0 Å². The van der Waals surface area contributed by atoms with E-state index in [1.165, 1.54) is 7.11 Å². The number of hydrogen-bond acceptors (Lipinski definition) is 5. The van der Waals surface area contributed by atoms with Gasteiger partial charge in [-0.2, -0.15) is 13.2 Å². The number of hydrogen-bond donors (Lipinski definition) is 0. The van der Waals surface area contributed by atoms with Crippen LogP contribution >= 0.6 is 0 Å². The number of diazo groups is 1. The van der Waals surface area contributed by atoms with Gasteiger partial charge in [0, 0.05) is 6.07 Å². The lowest BCUT2D eigenvalue weighted by atomic mass is 10.3. The molecule has 0 aliphatic rings. The number of rotatable bonds is 1. The molecule has 1 aromatic rings. The van der Waals surface area contributed by atoms with Gasteiger partial charge in [-0.1, -0.05) is 12.1 Å². The van der Waals surface area contributed by atoms with Gasteiger partial charge in [0.1, 0.15) is 0 Å². The lowest BCUT2D eigenvalue weighted by Crippen LogP contribution is -2.21. The Morgan fingerprint density at radius 2 is 1.78 bits per heavy atom. The number of halogens is 3. The Morgan fingerprint density at radius 3 is 2.06 bits per heavy atom. The number of nitrogens with zero attached hydrogens (tertiary/aromatic N) is 2. The third-order valence-corrected chi connectivity index (χ3v) is 2.04. The molecule has 0 fully saturated rings. The second-order valence-electron chi connectivity index (χ2n) is 2.67. The number of para-hydroxylation sites is 1. The van der Waals surface area contributed by atoms with E-state index in [2.05, 4.69) is 4.98 Å². The van der Waals surface area contributed by atoms with Crippen LogP contribution in [0.5, 0.6) is 5.75 Å². The molecule has 0 radical (unpaired) electrons. The van der Waals surface area contributed by atoms with Crippen molar-refractivity contribution in [2.75, 3.05) is 7.11 Å². The molecule has 0 amide bonds. The summed E-state index contributed by atoms with van der Waals surface area (Å²) in [5.41, 5.74) is -5.20. The fourth-order valence-corrected chi connectivity index (χ4v) is 0.712. The number of ether oxygens (including phenoxy) is 1. The zero-order valence-corrected chi connectivity index (χ0v) is 9.70. The second-order valence-corrected chi connectivity index (χ2v) is 4.04. The van der Waals surface area contributed by atoms with Crippen LogP contribution < -0.4 is 4.74 Å². The maximum atomic E-state index is 10.7. The minimum absolute atomic E-state index is 0.449. The highest BCUT2D eigenvalue weighted by atomic mass is 32.2. The van der Waals surface area contributed by atoms with Crippen LogP contribution in [0.4, 0.5) is 18.9 Å². The van der Waals surface area contributed by atoms with Gasteiger partial charge in [0.25, 0.3) is 0 Å². The Hall–Kier alpha value is -1.86. The smallest absolute Gasteiger partial charge is 0.485 e. The van der Waals surface area contributed by atoms with Gasteiger partial charge in [0.15, 0.2) is 15.1 Å². The van der Waals surface area contributed by atoms with E-state index in [-0.39, 0.29) is 0 Å². The minimum Gasteiger partial charge on any atom is -0.741 e. The summed E-state index contributed by atoms with van der Waals surface area (Å²) in [6.45, 7) is 0. The molecule has 10 heteroatoms. The first-order chi connectivity index (χ1) is 8.13. The van der Waals surface area contributed by atoms with E-state index >= 15 is 0 Å². The van der Waals surface area contributed by atoms with Gasteiger partial charge >= 0.3 is 11.2 Å². The van der Waals surface area contributed by atoms with Crippen LogP contribution in [0.1, 0.15) is 0 Å². The van der Waals surface area contributed by atoms with Gasteiger partial charge in [-0.15, -0.1) is 0 Å². The average molecular weight is 284 g/mol. The summed E-state index contributed by atoms with van der Waals surface area (Å²) >= 11 is 0. The lowest BCUT2D eigenvalue weighted by Gasteiger charge is -2.08. The molecule has 18 heavy (non-hydrogen) atoms. The van der Waals surface area contributed by atoms with Crippen molar-refractivity contribution in [1.29, 1.82) is 5.39 Å². The van der Waals surface area contributed by atoms with Crippen LogP contribution in [0.3, 0.4) is 0 Å². The summed E-state index contributed by atoms with van der Waals surface area (Å²) in [6, 6.07) is 6.99. The molecule has 1 rings (SSSR count). The van der Waals surface area contributed by atoms with Crippen molar-refractivity contribution >= 4 is 15.8 Å². The molecule has 0 saturated heterocycles. The molecule has 6 nitrogen and oxygen atoms in total.